The van der Waals surface area contributed by atoms with E-state index in [1.54, 1.807) is 6.07 Å². The molecule has 2 N–H and O–H groups in total. The van der Waals surface area contributed by atoms with E-state index in [0.717, 1.165) is 36.9 Å². The maximum Gasteiger partial charge on any atom is 0.287 e. The molecule has 0 saturated carbocycles. The highest BCUT2D eigenvalue weighted by atomic mass is 35.5. The van der Waals surface area contributed by atoms with Crippen molar-refractivity contribution in [2.24, 2.45) is 5.41 Å². The molecule has 1 aliphatic heterocycles. The van der Waals surface area contributed by atoms with Gasteiger partial charge in [0, 0.05) is 11.9 Å². The highest BCUT2D eigenvalue weighted by molar-refractivity contribution is 5.96. The summed E-state index contributed by atoms with van der Waals surface area (Å²) in [5.74, 6) is 0.268. The normalized spacial score (nSPS) is 17.2. The Hall–Kier alpha value is -1.52. The SMILES string of the molecule is CC1(CNC(=O)c2cc3ccccc3o2)CCNCC1.Cl. The molecular formula is C16H21ClN2O2. The quantitative estimate of drug-likeness (QED) is 0.916. The lowest BCUT2D eigenvalue weighted by Crippen LogP contribution is -2.42. The Labute approximate surface area is 130 Å². The van der Waals surface area contributed by atoms with Crippen LogP contribution in [0.25, 0.3) is 11.0 Å². The highest BCUT2D eigenvalue weighted by Gasteiger charge is 2.27. The second kappa shape index (κ2) is 6.50. The third-order valence-electron chi connectivity index (χ3n) is 4.14. The average molecular weight is 309 g/mol. The number of furan rings is 1. The van der Waals surface area contributed by atoms with Crippen LogP contribution in [0, 0.1) is 5.41 Å². The minimum Gasteiger partial charge on any atom is -0.451 e. The van der Waals surface area contributed by atoms with E-state index in [4.69, 9.17) is 4.42 Å². The topological polar surface area (TPSA) is 54.3 Å². The van der Waals surface area contributed by atoms with Gasteiger partial charge in [-0.2, -0.15) is 0 Å². The first-order chi connectivity index (χ1) is 9.66. The maximum atomic E-state index is 12.2. The summed E-state index contributed by atoms with van der Waals surface area (Å²) in [6.07, 6.45) is 2.18. The van der Waals surface area contributed by atoms with Crippen LogP contribution in [0.1, 0.15) is 30.3 Å². The Balaban J connectivity index is 0.00000161. The van der Waals surface area contributed by atoms with Crippen LogP contribution in [-0.2, 0) is 0 Å². The number of carbonyl (C=O) groups is 1. The average Bonchev–Trinajstić information content (AvgIpc) is 2.89. The first-order valence-corrected chi connectivity index (χ1v) is 7.14. The van der Waals surface area contributed by atoms with Crippen molar-refractivity contribution in [3.05, 3.63) is 36.1 Å². The molecule has 0 bridgehead atoms. The second-order valence-corrected chi connectivity index (χ2v) is 5.89. The standard InChI is InChI=1S/C16H20N2O2.ClH/c1-16(6-8-17-9-7-16)11-18-15(19)14-10-12-4-2-3-5-13(12)20-14;/h2-5,10,17H,6-9,11H2,1H3,(H,18,19);1H. The van der Waals surface area contributed by atoms with Crippen LogP contribution >= 0.6 is 12.4 Å². The second-order valence-electron chi connectivity index (χ2n) is 5.89. The summed E-state index contributed by atoms with van der Waals surface area (Å²) in [5, 5.41) is 7.32. The van der Waals surface area contributed by atoms with E-state index in [9.17, 15) is 4.79 Å². The molecule has 1 fully saturated rings. The van der Waals surface area contributed by atoms with E-state index in [1.807, 2.05) is 24.3 Å². The van der Waals surface area contributed by atoms with Crippen molar-refractivity contribution in [1.29, 1.82) is 0 Å². The third-order valence-corrected chi connectivity index (χ3v) is 4.14. The predicted octanol–water partition coefficient (Wildman–Crippen LogP) is 2.97. The van der Waals surface area contributed by atoms with Crippen LogP contribution in [-0.4, -0.2) is 25.5 Å². The van der Waals surface area contributed by atoms with E-state index in [0.29, 0.717) is 12.3 Å². The summed E-state index contributed by atoms with van der Waals surface area (Å²) in [6, 6.07) is 9.47. The Kier molecular flexibility index (Phi) is 4.91. The molecule has 0 radical (unpaired) electrons. The fourth-order valence-electron chi connectivity index (χ4n) is 2.68. The molecule has 1 aromatic carbocycles. The van der Waals surface area contributed by atoms with Crippen molar-refractivity contribution in [2.75, 3.05) is 19.6 Å². The van der Waals surface area contributed by atoms with Crippen LogP contribution in [0.2, 0.25) is 0 Å². The largest absolute Gasteiger partial charge is 0.451 e. The van der Waals surface area contributed by atoms with Gasteiger partial charge < -0.3 is 15.1 Å². The fourth-order valence-corrected chi connectivity index (χ4v) is 2.68. The molecule has 0 atom stereocenters. The smallest absolute Gasteiger partial charge is 0.287 e. The molecule has 5 heteroatoms. The van der Waals surface area contributed by atoms with Crippen molar-refractivity contribution in [3.8, 4) is 0 Å². The lowest BCUT2D eigenvalue weighted by atomic mass is 9.81. The van der Waals surface area contributed by atoms with E-state index in [1.165, 1.54) is 0 Å². The molecule has 0 spiro atoms. The number of nitrogens with one attached hydrogen (secondary N) is 2. The van der Waals surface area contributed by atoms with Crippen molar-refractivity contribution in [2.45, 2.75) is 19.8 Å². The number of fused-ring (bicyclic) bond motifs is 1. The minimum atomic E-state index is -0.124. The summed E-state index contributed by atoms with van der Waals surface area (Å²) in [7, 11) is 0. The van der Waals surface area contributed by atoms with Gasteiger partial charge in [-0.3, -0.25) is 4.79 Å². The summed E-state index contributed by atoms with van der Waals surface area (Å²) < 4.78 is 5.58. The Bertz CT molecular complexity index is 585. The zero-order chi connectivity index (χ0) is 14.0. The molecule has 0 unspecified atom stereocenters. The molecule has 114 valence electrons. The van der Waals surface area contributed by atoms with E-state index in [2.05, 4.69) is 17.6 Å². The number of halogens is 1. The van der Waals surface area contributed by atoms with Gasteiger partial charge in [0.15, 0.2) is 5.76 Å². The van der Waals surface area contributed by atoms with Crippen LogP contribution in [0.4, 0.5) is 0 Å². The van der Waals surface area contributed by atoms with E-state index >= 15 is 0 Å². The van der Waals surface area contributed by atoms with Crippen molar-refractivity contribution >= 4 is 29.3 Å². The zero-order valence-corrected chi connectivity index (χ0v) is 13.0. The highest BCUT2D eigenvalue weighted by Crippen LogP contribution is 2.27. The first kappa shape index (κ1) is 15.9. The Morgan fingerprint density at radius 2 is 2.05 bits per heavy atom. The van der Waals surface area contributed by atoms with Gasteiger partial charge >= 0.3 is 0 Å². The monoisotopic (exact) mass is 308 g/mol. The molecule has 21 heavy (non-hydrogen) atoms. The number of para-hydroxylation sites is 1. The number of benzene rings is 1. The number of rotatable bonds is 3. The molecule has 2 aromatic rings. The van der Waals surface area contributed by atoms with Gasteiger partial charge in [0.25, 0.3) is 5.91 Å². The van der Waals surface area contributed by atoms with Gasteiger partial charge in [-0.15, -0.1) is 12.4 Å². The lowest BCUT2D eigenvalue weighted by molar-refractivity contribution is 0.0896. The van der Waals surface area contributed by atoms with Gasteiger partial charge in [-0.1, -0.05) is 25.1 Å². The molecule has 1 aromatic heterocycles. The minimum absolute atomic E-state index is 0. The molecule has 1 amide bonds. The number of amides is 1. The summed E-state index contributed by atoms with van der Waals surface area (Å²) in [5.41, 5.74) is 0.943. The van der Waals surface area contributed by atoms with Crippen molar-refractivity contribution in [3.63, 3.8) is 0 Å². The molecule has 3 rings (SSSR count). The summed E-state index contributed by atoms with van der Waals surface area (Å²) in [6.45, 7) is 4.98. The Morgan fingerprint density at radius 3 is 2.76 bits per heavy atom. The fraction of sp³-hybridized carbons (Fsp3) is 0.438. The van der Waals surface area contributed by atoms with Crippen LogP contribution in [0.15, 0.2) is 34.7 Å². The number of piperidine rings is 1. The lowest BCUT2D eigenvalue weighted by Gasteiger charge is -2.33. The summed E-state index contributed by atoms with van der Waals surface area (Å²) >= 11 is 0. The van der Waals surface area contributed by atoms with Crippen LogP contribution in [0.3, 0.4) is 0 Å². The van der Waals surface area contributed by atoms with Gasteiger partial charge in [0.05, 0.1) is 0 Å². The molecule has 2 heterocycles. The van der Waals surface area contributed by atoms with Crippen molar-refractivity contribution < 1.29 is 9.21 Å². The predicted molar refractivity (Wildman–Crippen MR) is 86.0 cm³/mol. The first-order valence-electron chi connectivity index (χ1n) is 7.14. The number of hydrogen-bond donors (Lipinski definition) is 2. The zero-order valence-electron chi connectivity index (χ0n) is 12.1. The molecule has 0 aliphatic carbocycles. The number of carbonyl (C=O) groups excluding carboxylic acids is 1. The van der Waals surface area contributed by atoms with Crippen molar-refractivity contribution in [1.82, 2.24) is 10.6 Å². The van der Waals surface area contributed by atoms with Gasteiger partial charge in [0.2, 0.25) is 0 Å². The van der Waals surface area contributed by atoms with Gasteiger partial charge in [-0.25, -0.2) is 0 Å². The number of hydrogen-bond acceptors (Lipinski definition) is 3. The molecular weight excluding hydrogens is 288 g/mol. The summed E-state index contributed by atoms with van der Waals surface area (Å²) in [4.78, 5) is 12.2. The Morgan fingerprint density at radius 1 is 1.33 bits per heavy atom. The molecule has 1 aliphatic rings. The molecule has 4 nitrogen and oxygen atoms in total. The van der Waals surface area contributed by atoms with E-state index in [-0.39, 0.29) is 23.7 Å². The van der Waals surface area contributed by atoms with E-state index < -0.39 is 0 Å². The maximum absolute atomic E-state index is 12.2. The van der Waals surface area contributed by atoms with Crippen LogP contribution in [0.5, 0.6) is 0 Å². The van der Waals surface area contributed by atoms with Crippen LogP contribution < -0.4 is 10.6 Å². The third kappa shape index (κ3) is 3.57. The van der Waals surface area contributed by atoms with Gasteiger partial charge in [0.1, 0.15) is 5.58 Å². The molecule has 1 saturated heterocycles. The van der Waals surface area contributed by atoms with Gasteiger partial charge in [-0.05, 0) is 43.5 Å².